The average molecular weight is 315 g/mol. The second-order valence-electron chi connectivity index (χ2n) is 5.49. The quantitative estimate of drug-likeness (QED) is 0.618. The van der Waals surface area contributed by atoms with Crippen molar-refractivity contribution in [2.24, 2.45) is 0 Å². The number of nitriles is 1. The third kappa shape index (κ3) is 5.38. The fraction of sp³-hybridized carbons (Fsp3) is 0.471. The van der Waals surface area contributed by atoms with Crippen molar-refractivity contribution >= 4 is 11.8 Å². The molecule has 1 aliphatic rings. The zero-order chi connectivity index (χ0) is 16.5. The van der Waals surface area contributed by atoms with Crippen LogP contribution in [0.2, 0.25) is 0 Å². The molecule has 0 bridgehead atoms. The molecule has 1 aromatic carbocycles. The van der Waals surface area contributed by atoms with E-state index < -0.39 is 12.1 Å². The van der Waals surface area contributed by atoms with Crippen LogP contribution in [-0.4, -0.2) is 30.7 Å². The van der Waals surface area contributed by atoms with E-state index in [1.165, 1.54) is 6.42 Å². The molecule has 0 spiro atoms. The van der Waals surface area contributed by atoms with Gasteiger partial charge in [0.25, 0.3) is 11.8 Å². The van der Waals surface area contributed by atoms with Crippen molar-refractivity contribution in [2.45, 2.75) is 44.4 Å². The first-order chi connectivity index (χ1) is 11.2. The van der Waals surface area contributed by atoms with E-state index in [1.54, 1.807) is 24.3 Å². The first kappa shape index (κ1) is 17.0. The maximum Gasteiger partial charge on any atom is 0.270 e. The standard InChI is InChI=1S/C17H21N3O3/c18-11-12-19-16(22)17(23-14-9-5-2-6-10-14)20-15(21)13-7-3-1-4-8-13/h1,3-4,7-8,14,17H,2,5-6,9-10,12H2,(H,19,22)(H,20,21). The van der Waals surface area contributed by atoms with Crippen LogP contribution in [0.3, 0.4) is 0 Å². The minimum atomic E-state index is -1.08. The van der Waals surface area contributed by atoms with Gasteiger partial charge in [-0.05, 0) is 25.0 Å². The SMILES string of the molecule is N#CCNC(=O)C(NC(=O)c1ccccc1)OC1CCCCC1. The lowest BCUT2D eigenvalue weighted by Crippen LogP contribution is -2.50. The molecule has 0 saturated heterocycles. The number of hydrogen-bond acceptors (Lipinski definition) is 4. The number of nitrogens with one attached hydrogen (secondary N) is 2. The van der Waals surface area contributed by atoms with E-state index in [2.05, 4.69) is 10.6 Å². The normalized spacial score (nSPS) is 16.1. The molecule has 0 aromatic heterocycles. The Hall–Kier alpha value is -2.39. The van der Waals surface area contributed by atoms with E-state index in [0.717, 1.165) is 25.7 Å². The second-order valence-corrected chi connectivity index (χ2v) is 5.49. The van der Waals surface area contributed by atoms with E-state index in [-0.39, 0.29) is 18.6 Å². The van der Waals surface area contributed by atoms with Gasteiger partial charge in [0.1, 0.15) is 6.54 Å². The van der Waals surface area contributed by atoms with Crippen LogP contribution in [0.15, 0.2) is 30.3 Å². The Bertz CT molecular complexity index is 562. The van der Waals surface area contributed by atoms with Crippen LogP contribution < -0.4 is 10.6 Å². The molecule has 1 unspecified atom stereocenters. The average Bonchev–Trinajstić information content (AvgIpc) is 2.60. The van der Waals surface area contributed by atoms with Gasteiger partial charge in [0, 0.05) is 5.56 Å². The van der Waals surface area contributed by atoms with Gasteiger partial charge in [-0.1, -0.05) is 37.5 Å². The van der Waals surface area contributed by atoms with Gasteiger partial charge in [-0.2, -0.15) is 5.26 Å². The largest absolute Gasteiger partial charge is 0.346 e. The Balaban J connectivity index is 2.01. The third-order valence-corrected chi connectivity index (χ3v) is 3.76. The molecule has 1 aromatic rings. The van der Waals surface area contributed by atoms with Gasteiger partial charge in [-0.3, -0.25) is 9.59 Å². The van der Waals surface area contributed by atoms with Crippen LogP contribution in [0.5, 0.6) is 0 Å². The zero-order valence-corrected chi connectivity index (χ0v) is 13.0. The topological polar surface area (TPSA) is 91.2 Å². The van der Waals surface area contributed by atoms with E-state index in [0.29, 0.717) is 5.56 Å². The molecule has 0 heterocycles. The summed E-state index contributed by atoms with van der Waals surface area (Å²) in [5, 5.41) is 13.6. The van der Waals surface area contributed by atoms with E-state index in [9.17, 15) is 9.59 Å². The van der Waals surface area contributed by atoms with Crippen molar-refractivity contribution in [3.8, 4) is 6.07 Å². The molecule has 122 valence electrons. The summed E-state index contributed by atoms with van der Waals surface area (Å²) in [6.07, 6.45) is 3.92. The lowest BCUT2D eigenvalue weighted by atomic mass is 9.98. The lowest BCUT2D eigenvalue weighted by Gasteiger charge is -2.27. The number of carbonyl (C=O) groups is 2. The zero-order valence-electron chi connectivity index (χ0n) is 13.0. The van der Waals surface area contributed by atoms with Gasteiger partial charge in [-0.25, -0.2) is 0 Å². The number of amides is 2. The second kappa shape index (κ2) is 8.91. The van der Waals surface area contributed by atoms with Crippen LogP contribution in [-0.2, 0) is 9.53 Å². The summed E-state index contributed by atoms with van der Waals surface area (Å²) in [5.41, 5.74) is 0.456. The summed E-state index contributed by atoms with van der Waals surface area (Å²) in [6.45, 7) is -0.120. The molecular weight excluding hydrogens is 294 g/mol. The summed E-state index contributed by atoms with van der Waals surface area (Å²) >= 11 is 0. The fourth-order valence-electron chi connectivity index (χ4n) is 2.57. The van der Waals surface area contributed by atoms with Crippen molar-refractivity contribution in [1.29, 1.82) is 5.26 Å². The number of carbonyl (C=O) groups excluding carboxylic acids is 2. The van der Waals surface area contributed by atoms with Gasteiger partial charge < -0.3 is 15.4 Å². The maximum atomic E-state index is 12.2. The molecule has 6 nitrogen and oxygen atoms in total. The van der Waals surface area contributed by atoms with Crippen LogP contribution in [0.25, 0.3) is 0 Å². The molecule has 0 aliphatic heterocycles. The highest BCUT2D eigenvalue weighted by Gasteiger charge is 2.26. The first-order valence-electron chi connectivity index (χ1n) is 7.86. The van der Waals surface area contributed by atoms with Crippen molar-refractivity contribution in [3.05, 3.63) is 35.9 Å². The molecule has 2 N–H and O–H groups in total. The molecule has 0 radical (unpaired) electrons. The highest BCUT2D eigenvalue weighted by molar-refractivity contribution is 5.97. The van der Waals surface area contributed by atoms with Crippen molar-refractivity contribution in [2.75, 3.05) is 6.54 Å². The van der Waals surface area contributed by atoms with Crippen LogP contribution in [0.4, 0.5) is 0 Å². The third-order valence-electron chi connectivity index (χ3n) is 3.76. The predicted octanol–water partition coefficient (Wildman–Crippen LogP) is 1.73. The van der Waals surface area contributed by atoms with Gasteiger partial charge >= 0.3 is 0 Å². The number of nitrogens with zero attached hydrogens (tertiary/aromatic N) is 1. The summed E-state index contributed by atoms with van der Waals surface area (Å²) in [5.74, 6) is -0.875. The van der Waals surface area contributed by atoms with E-state index in [4.69, 9.17) is 10.00 Å². The van der Waals surface area contributed by atoms with Gasteiger partial charge in [0.05, 0.1) is 12.2 Å². The van der Waals surface area contributed by atoms with E-state index >= 15 is 0 Å². The minimum absolute atomic E-state index is 0.0438. The molecule has 1 saturated carbocycles. The summed E-state index contributed by atoms with van der Waals surface area (Å²) in [4.78, 5) is 24.4. The van der Waals surface area contributed by atoms with Crippen molar-refractivity contribution in [1.82, 2.24) is 10.6 Å². The summed E-state index contributed by atoms with van der Waals surface area (Å²) in [7, 11) is 0. The Morgan fingerprint density at radius 2 is 1.91 bits per heavy atom. The maximum absolute atomic E-state index is 12.2. The highest BCUT2D eigenvalue weighted by atomic mass is 16.5. The Labute approximate surface area is 135 Å². The smallest absolute Gasteiger partial charge is 0.270 e. The fourth-order valence-corrected chi connectivity index (χ4v) is 2.57. The molecule has 1 atom stereocenters. The monoisotopic (exact) mass is 315 g/mol. The predicted molar refractivity (Wildman–Crippen MR) is 84.3 cm³/mol. The molecular formula is C17H21N3O3. The molecule has 6 heteroatoms. The molecule has 1 fully saturated rings. The number of rotatable bonds is 6. The van der Waals surface area contributed by atoms with Gasteiger partial charge in [-0.15, -0.1) is 0 Å². The summed E-state index contributed by atoms with van der Waals surface area (Å²) in [6, 6.07) is 10.5. The number of ether oxygens (including phenoxy) is 1. The van der Waals surface area contributed by atoms with Gasteiger partial charge in [0.15, 0.2) is 0 Å². The Kier molecular flexibility index (Phi) is 6.57. The highest BCUT2D eigenvalue weighted by Crippen LogP contribution is 2.21. The molecule has 1 aliphatic carbocycles. The minimum Gasteiger partial charge on any atom is -0.346 e. The molecule has 2 rings (SSSR count). The lowest BCUT2D eigenvalue weighted by molar-refractivity contribution is -0.139. The van der Waals surface area contributed by atoms with Crippen LogP contribution in [0.1, 0.15) is 42.5 Å². The van der Waals surface area contributed by atoms with Crippen LogP contribution in [0, 0.1) is 11.3 Å². The number of benzene rings is 1. The van der Waals surface area contributed by atoms with E-state index in [1.807, 2.05) is 12.1 Å². The van der Waals surface area contributed by atoms with Gasteiger partial charge in [0.2, 0.25) is 6.23 Å². The molecule has 23 heavy (non-hydrogen) atoms. The Morgan fingerprint density at radius 1 is 1.22 bits per heavy atom. The van der Waals surface area contributed by atoms with Crippen molar-refractivity contribution in [3.63, 3.8) is 0 Å². The first-order valence-corrected chi connectivity index (χ1v) is 7.86. The van der Waals surface area contributed by atoms with Crippen LogP contribution >= 0.6 is 0 Å². The Morgan fingerprint density at radius 3 is 2.57 bits per heavy atom. The number of hydrogen-bond donors (Lipinski definition) is 2. The molecule has 2 amide bonds. The summed E-state index contributed by atoms with van der Waals surface area (Å²) < 4.78 is 5.79. The van der Waals surface area contributed by atoms with Crippen molar-refractivity contribution < 1.29 is 14.3 Å².